The van der Waals surface area contributed by atoms with Crippen LogP contribution in [-0.4, -0.2) is 32.8 Å². The minimum Gasteiger partial charge on any atom is -0.502 e. The molecule has 1 N–H and O–H groups in total. The van der Waals surface area contributed by atoms with E-state index in [1.807, 2.05) is 0 Å². The molecule has 3 rings (SSSR count). The van der Waals surface area contributed by atoms with Crippen molar-refractivity contribution in [2.75, 3.05) is 6.54 Å². The van der Waals surface area contributed by atoms with E-state index < -0.39 is 23.0 Å². The van der Waals surface area contributed by atoms with Gasteiger partial charge in [0.25, 0.3) is 11.5 Å². The number of aromatic hydroxyl groups is 1. The van der Waals surface area contributed by atoms with Crippen LogP contribution in [0.25, 0.3) is 0 Å². The highest BCUT2D eigenvalue weighted by molar-refractivity contribution is 6.30. The van der Waals surface area contributed by atoms with Gasteiger partial charge in [-0.25, -0.2) is 4.39 Å². The highest BCUT2D eigenvalue weighted by Crippen LogP contribution is 2.31. The zero-order valence-corrected chi connectivity index (χ0v) is 18.1. The van der Waals surface area contributed by atoms with Gasteiger partial charge >= 0.3 is 0 Å². The predicted molar refractivity (Wildman–Crippen MR) is 112 cm³/mol. The lowest BCUT2D eigenvalue weighted by atomic mass is 9.91. The first-order valence-corrected chi connectivity index (χ1v) is 10.2. The summed E-state index contributed by atoms with van der Waals surface area (Å²) in [6.45, 7) is 7.38. The Kier molecular flexibility index (Phi) is 6.04. The van der Waals surface area contributed by atoms with Crippen molar-refractivity contribution < 1.29 is 19.1 Å². The molecule has 160 valence electrons. The van der Waals surface area contributed by atoms with Gasteiger partial charge in [0.2, 0.25) is 0 Å². The van der Waals surface area contributed by atoms with Crippen LogP contribution < -0.4 is 5.56 Å². The van der Waals surface area contributed by atoms with Crippen LogP contribution in [0.2, 0.25) is 5.02 Å². The molecule has 6 nitrogen and oxygen atoms in total. The van der Waals surface area contributed by atoms with Crippen molar-refractivity contribution in [3.63, 3.8) is 0 Å². The zero-order valence-electron chi connectivity index (χ0n) is 17.3. The summed E-state index contributed by atoms with van der Waals surface area (Å²) in [6.07, 6.45) is 0.310. The van der Waals surface area contributed by atoms with Gasteiger partial charge in [-0.3, -0.25) is 19.0 Å². The van der Waals surface area contributed by atoms with Crippen LogP contribution >= 0.6 is 11.6 Å². The third-order valence-corrected chi connectivity index (χ3v) is 5.54. The number of rotatable bonds is 5. The maximum absolute atomic E-state index is 13.4. The summed E-state index contributed by atoms with van der Waals surface area (Å²) in [5.74, 6) is -2.37. The lowest BCUT2D eigenvalue weighted by molar-refractivity contribution is 0.0721. The first-order valence-electron chi connectivity index (χ1n) is 9.82. The zero-order chi connectivity index (χ0) is 22.3. The van der Waals surface area contributed by atoms with Gasteiger partial charge in [0.15, 0.2) is 11.5 Å². The fourth-order valence-electron chi connectivity index (χ4n) is 3.75. The van der Waals surface area contributed by atoms with Gasteiger partial charge in [-0.05, 0) is 43.5 Å². The van der Waals surface area contributed by atoms with Crippen LogP contribution in [0.4, 0.5) is 4.39 Å². The van der Waals surface area contributed by atoms with Crippen molar-refractivity contribution in [3.05, 3.63) is 61.8 Å². The third-order valence-electron chi connectivity index (χ3n) is 5.25. The number of carbonyl (C=O) groups is 2. The minimum absolute atomic E-state index is 0.0511. The molecule has 0 unspecified atom stereocenters. The molecule has 8 heteroatoms. The number of nitrogens with zero attached hydrogens (tertiary/aromatic N) is 2. The van der Waals surface area contributed by atoms with Crippen LogP contribution in [0.15, 0.2) is 23.0 Å². The second-order valence-corrected chi connectivity index (χ2v) is 8.47. The second kappa shape index (κ2) is 8.22. The lowest BCUT2D eigenvalue weighted by Crippen LogP contribution is -2.42. The van der Waals surface area contributed by atoms with E-state index in [0.717, 1.165) is 0 Å². The molecule has 2 aromatic rings. The predicted octanol–water partition coefficient (Wildman–Crippen LogP) is 3.96. The molecule has 30 heavy (non-hydrogen) atoms. The third kappa shape index (κ3) is 3.74. The molecule has 0 saturated heterocycles. The number of pyridine rings is 1. The van der Waals surface area contributed by atoms with E-state index in [2.05, 4.69) is 0 Å². The fourth-order valence-corrected chi connectivity index (χ4v) is 3.96. The topological polar surface area (TPSA) is 79.6 Å². The Hall–Kier alpha value is -2.67. The summed E-state index contributed by atoms with van der Waals surface area (Å²) in [4.78, 5) is 40.4. The monoisotopic (exact) mass is 434 g/mol. The Balaban J connectivity index is 2.11. The molecular formula is C22H24ClFN2O4. The number of carbonyl (C=O) groups excluding carboxylic acids is 2. The summed E-state index contributed by atoms with van der Waals surface area (Å²) in [5.41, 5.74) is 0.327. The maximum atomic E-state index is 13.4. The molecule has 1 amide bonds. The van der Waals surface area contributed by atoms with Gasteiger partial charge in [-0.2, -0.15) is 0 Å². The molecular weight excluding hydrogens is 411 g/mol. The smallest absolute Gasteiger partial charge is 0.294 e. The van der Waals surface area contributed by atoms with Crippen molar-refractivity contribution in [2.24, 2.45) is 5.92 Å². The van der Waals surface area contributed by atoms with Gasteiger partial charge in [-0.15, -0.1) is 0 Å². The molecule has 1 aromatic heterocycles. The number of fused-ring (bicyclic) bond motifs is 1. The van der Waals surface area contributed by atoms with Gasteiger partial charge in [-0.1, -0.05) is 31.5 Å². The van der Waals surface area contributed by atoms with E-state index >= 15 is 0 Å². The van der Waals surface area contributed by atoms with E-state index in [-0.39, 0.29) is 47.1 Å². The van der Waals surface area contributed by atoms with E-state index in [1.165, 1.54) is 27.7 Å². The van der Waals surface area contributed by atoms with Crippen molar-refractivity contribution in [1.29, 1.82) is 0 Å². The fraction of sp³-hybridized carbons (Fsp3) is 0.409. The second-order valence-electron chi connectivity index (χ2n) is 8.06. The lowest BCUT2D eigenvalue weighted by Gasteiger charge is -2.32. The molecule has 1 aromatic carbocycles. The van der Waals surface area contributed by atoms with Gasteiger partial charge < -0.3 is 10.0 Å². The number of amides is 1. The van der Waals surface area contributed by atoms with E-state index in [9.17, 15) is 23.9 Å². The Labute approximate surface area is 178 Å². The molecule has 0 spiro atoms. The van der Waals surface area contributed by atoms with Gasteiger partial charge in [0.1, 0.15) is 5.82 Å². The van der Waals surface area contributed by atoms with Crippen LogP contribution in [0.1, 0.15) is 65.7 Å². The number of halogens is 2. The number of aromatic nitrogens is 1. The number of hydrogen-bond acceptors (Lipinski definition) is 4. The molecule has 1 aliphatic heterocycles. The summed E-state index contributed by atoms with van der Waals surface area (Å²) < 4.78 is 14.7. The molecule has 0 radical (unpaired) electrons. The number of hydrogen-bond donors (Lipinski definition) is 1. The Bertz CT molecular complexity index is 1090. The number of benzene rings is 1. The van der Waals surface area contributed by atoms with Crippen molar-refractivity contribution >= 4 is 23.3 Å². The van der Waals surface area contributed by atoms with E-state index in [4.69, 9.17) is 11.6 Å². The summed E-state index contributed by atoms with van der Waals surface area (Å²) >= 11 is 5.83. The van der Waals surface area contributed by atoms with Gasteiger partial charge in [0, 0.05) is 25.0 Å². The maximum Gasteiger partial charge on any atom is 0.294 e. The first-order chi connectivity index (χ1) is 14.0. The highest BCUT2D eigenvalue weighted by Gasteiger charge is 2.35. The largest absolute Gasteiger partial charge is 0.502 e. The molecule has 1 aliphatic rings. The van der Waals surface area contributed by atoms with Crippen molar-refractivity contribution in [1.82, 2.24) is 9.47 Å². The Morgan fingerprint density at radius 2 is 1.90 bits per heavy atom. The summed E-state index contributed by atoms with van der Waals surface area (Å²) in [5, 5.41) is 10.5. The Morgan fingerprint density at radius 1 is 1.23 bits per heavy atom. The van der Waals surface area contributed by atoms with Crippen LogP contribution in [0, 0.1) is 11.7 Å². The van der Waals surface area contributed by atoms with Crippen molar-refractivity contribution in [3.8, 4) is 5.75 Å². The van der Waals surface area contributed by atoms with Crippen LogP contribution in [0.3, 0.4) is 0 Å². The summed E-state index contributed by atoms with van der Waals surface area (Å²) in [6, 6.07) is 3.82. The number of ketones is 1. The average molecular weight is 435 g/mol. The minimum atomic E-state index is -0.757. The first kappa shape index (κ1) is 22.0. The summed E-state index contributed by atoms with van der Waals surface area (Å²) in [7, 11) is 0. The van der Waals surface area contributed by atoms with Crippen LogP contribution in [-0.2, 0) is 13.0 Å². The molecule has 2 heterocycles. The van der Waals surface area contributed by atoms with Crippen LogP contribution in [0.5, 0.6) is 5.75 Å². The van der Waals surface area contributed by atoms with Crippen molar-refractivity contribution in [2.45, 2.75) is 46.7 Å². The number of Topliss-reactive ketones (excluding diaryl/α,β-unsaturated/α-hetero) is 1. The van der Waals surface area contributed by atoms with E-state index in [1.54, 1.807) is 27.7 Å². The van der Waals surface area contributed by atoms with E-state index in [0.29, 0.717) is 17.5 Å². The molecule has 0 aliphatic carbocycles. The SMILES string of the molecule is CC(C)C(=O)c1c2c(c(O)c(=O)n1C(C)C)C(=O)N(Cc1ccc(F)c(Cl)c1)CC2. The molecule has 0 saturated carbocycles. The quantitative estimate of drug-likeness (QED) is 0.722. The standard InChI is InChI=1S/C22H24ClFN2O4/c1-11(2)19(27)18-14-7-8-25(10-13-5-6-16(24)15(23)9-13)21(29)17(14)20(28)22(30)26(18)12(3)4/h5-6,9,11-12,28H,7-8,10H2,1-4H3. The molecule has 0 bridgehead atoms. The average Bonchev–Trinajstić information content (AvgIpc) is 2.68. The molecule has 0 atom stereocenters. The Morgan fingerprint density at radius 3 is 2.47 bits per heavy atom. The highest BCUT2D eigenvalue weighted by atomic mass is 35.5. The van der Waals surface area contributed by atoms with Gasteiger partial charge in [0.05, 0.1) is 16.3 Å². The molecule has 0 fully saturated rings. The normalized spacial score (nSPS) is 13.9.